The summed E-state index contributed by atoms with van der Waals surface area (Å²) in [5.74, 6) is 0.554. The first-order valence-corrected chi connectivity index (χ1v) is 8.46. The van der Waals surface area contributed by atoms with E-state index in [1.807, 2.05) is 31.2 Å². The first kappa shape index (κ1) is 15.4. The summed E-state index contributed by atoms with van der Waals surface area (Å²) < 4.78 is 15.1. The third kappa shape index (κ3) is 2.50. The molecule has 2 heterocycles. The molecule has 114 valence electrons. The van der Waals surface area contributed by atoms with Gasteiger partial charge in [-0.3, -0.25) is 9.36 Å². The maximum Gasteiger partial charge on any atom is 0.262 e. The van der Waals surface area contributed by atoms with Crippen LogP contribution in [-0.2, 0) is 6.54 Å². The van der Waals surface area contributed by atoms with Gasteiger partial charge >= 0.3 is 0 Å². The van der Waals surface area contributed by atoms with Gasteiger partial charge in [-0.25, -0.2) is 9.37 Å². The summed E-state index contributed by atoms with van der Waals surface area (Å²) in [5, 5.41) is 0.587. The van der Waals surface area contributed by atoms with E-state index in [9.17, 15) is 9.18 Å². The van der Waals surface area contributed by atoms with Crippen molar-refractivity contribution in [1.82, 2.24) is 9.55 Å². The van der Waals surface area contributed by atoms with Crippen molar-refractivity contribution in [3.05, 3.63) is 49.8 Å². The molecule has 0 fully saturated rings. The van der Waals surface area contributed by atoms with E-state index in [0.717, 1.165) is 20.5 Å². The van der Waals surface area contributed by atoms with Gasteiger partial charge < -0.3 is 0 Å². The Hall–Kier alpha value is -1.53. The van der Waals surface area contributed by atoms with Crippen molar-refractivity contribution in [3.8, 4) is 11.1 Å². The molecular formula is C16H14BrFN2OS. The molecule has 0 N–H and O–H groups in total. The highest BCUT2D eigenvalue weighted by Crippen LogP contribution is 2.36. The standard InChI is InChI=1S/C16H14BrFN2OS/c1-9-13(11-3-5-12(17)6-4-11)14-15(22-9)19-10(2)20(8-7-18)16(14)21/h3-6H,7-8H2,1-2H3. The molecule has 0 atom stereocenters. The van der Waals surface area contributed by atoms with E-state index in [1.165, 1.54) is 15.9 Å². The molecule has 0 radical (unpaired) electrons. The minimum absolute atomic E-state index is 0.0439. The molecule has 0 aliphatic carbocycles. The number of halogens is 2. The van der Waals surface area contributed by atoms with Gasteiger partial charge in [-0.2, -0.15) is 0 Å². The van der Waals surface area contributed by atoms with Gasteiger partial charge in [0.25, 0.3) is 5.56 Å². The molecule has 2 aromatic heterocycles. The van der Waals surface area contributed by atoms with Crippen LogP contribution in [0.2, 0.25) is 0 Å². The van der Waals surface area contributed by atoms with Crippen LogP contribution in [0.5, 0.6) is 0 Å². The van der Waals surface area contributed by atoms with Crippen LogP contribution in [0.1, 0.15) is 10.7 Å². The highest BCUT2D eigenvalue weighted by Gasteiger charge is 2.18. The Morgan fingerprint density at radius 1 is 1.27 bits per heavy atom. The number of nitrogens with zero attached hydrogens (tertiary/aromatic N) is 2. The Bertz CT molecular complexity index is 899. The first-order valence-electron chi connectivity index (χ1n) is 6.85. The van der Waals surface area contributed by atoms with Crippen LogP contribution in [-0.4, -0.2) is 16.2 Å². The highest BCUT2D eigenvalue weighted by atomic mass is 79.9. The van der Waals surface area contributed by atoms with E-state index in [0.29, 0.717) is 16.0 Å². The lowest BCUT2D eigenvalue weighted by Crippen LogP contribution is -2.24. The van der Waals surface area contributed by atoms with E-state index >= 15 is 0 Å². The summed E-state index contributed by atoms with van der Waals surface area (Å²) >= 11 is 4.92. The molecule has 0 aliphatic heterocycles. The molecule has 22 heavy (non-hydrogen) atoms. The van der Waals surface area contributed by atoms with Crippen LogP contribution in [0.3, 0.4) is 0 Å². The fourth-order valence-electron chi connectivity index (χ4n) is 2.61. The van der Waals surface area contributed by atoms with Gasteiger partial charge in [-0.15, -0.1) is 11.3 Å². The van der Waals surface area contributed by atoms with Crippen molar-refractivity contribution in [2.24, 2.45) is 0 Å². The van der Waals surface area contributed by atoms with Crippen molar-refractivity contribution < 1.29 is 4.39 Å². The third-order valence-corrected chi connectivity index (χ3v) is 5.15. The van der Waals surface area contributed by atoms with Crippen LogP contribution in [0, 0.1) is 13.8 Å². The Labute approximate surface area is 139 Å². The second-order valence-corrected chi connectivity index (χ2v) is 7.14. The number of thiophene rings is 1. The molecular weight excluding hydrogens is 367 g/mol. The van der Waals surface area contributed by atoms with E-state index in [4.69, 9.17) is 0 Å². The zero-order valence-corrected chi connectivity index (χ0v) is 14.6. The van der Waals surface area contributed by atoms with Gasteiger partial charge in [-0.05, 0) is 31.5 Å². The average Bonchev–Trinajstić information content (AvgIpc) is 2.80. The van der Waals surface area contributed by atoms with Crippen LogP contribution in [0.4, 0.5) is 4.39 Å². The van der Waals surface area contributed by atoms with E-state index in [2.05, 4.69) is 20.9 Å². The van der Waals surface area contributed by atoms with Crippen molar-refractivity contribution in [3.63, 3.8) is 0 Å². The number of fused-ring (bicyclic) bond motifs is 1. The first-order chi connectivity index (χ1) is 10.5. The number of aryl methyl sites for hydroxylation is 2. The topological polar surface area (TPSA) is 34.9 Å². The third-order valence-electron chi connectivity index (χ3n) is 3.62. The summed E-state index contributed by atoms with van der Waals surface area (Å²) in [6, 6.07) is 7.83. The fourth-order valence-corrected chi connectivity index (χ4v) is 3.95. The maximum absolute atomic E-state index is 12.8. The average molecular weight is 381 g/mol. The second-order valence-electron chi connectivity index (χ2n) is 5.03. The summed E-state index contributed by atoms with van der Waals surface area (Å²) in [6.07, 6.45) is 0. The van der Waals surface area contributed by atoms with Crippen LogP contribution in [0.25, 0.3) is 21.3 Å². The van der Waals surface area contributed by atoms with E-state index in [-0.39, 0.29) is 12.1 Å². The normalized spacial score (nSPS) is 11.3. The number of hydrogen-bond donors (Lipinski definition) is 0. The molecule has 0 spiro atoms. The van der Waals surface area contributed by atoms with Crippen LogP contribution in [0.15, 0.2) is 33.5 Å². The van der Waals surface area contributed by atoms with Crippen LogP contribution < -0.4 is 5.56 Å². The van der Waals surface area contributed by atoms with Gasteiger partial charge in [-0.1, -0.05) is 28.1 Å². The predicted molar refractivity (Wildman–Crippen MR) is 92.5 cm³/mol. The molecule has 0 aliphatic rings. The molecule has 1 aromatic carbocycles. The lowest BCUT2D eigenvalue weighted by Gasteiger charge is -2.08. The molecule has 0 saturated carbocycles. The molecule has 3 aromatic rings. The van der Waals surface area contributed by atoms with Crippen molar-refractivity contribution >= 4 is 37.5 Å². The fraction of sp³-hybridized carbons (Fsp3) is 0.250. The smallest absolute Gasteiger partial charge is 0.262 e. The van der Waals surface area contributed by atoms with Gasteiger partial charge in [0.05, 0.1) is 11.9 Å². The number of aromatic nitrogens is 2. The predicted octanol–water partition coefficient (Wildman–Crippen LogP) is 4.47. The molecule has 6 heteroatoms. The Kier molecular flexibility index (Phi) is 4.14. The summed E-state index contributed by atoms with van der Waals surface area (Å²) in [4.78, 5) is 19.0. The molecule has 3 rings (SSSR count). The number of benzene rings is 1. The SMILES string of the molecule is Cc1sc2nc(C)n(CCF)c(=O)c2c1-c1ccc(Br)cc1. The number of rotatable bonds is 3. The van der Waals surface area contributed by atoms with Crippen molar-refractivity contribution in [1.29, 1.82) is 0 Å². The zero-order valence-electron chi connectivity index (χ0n) is 12.2. The lowest BCUT2D eigenvalue weighted by atomic mass is 10.0. The monoisotopic (exact) mass is 380 g/mol. The Morgan fingerprint density at radius 3 is 2.59 bits per heavy atom. The molecule has 0 amide bonds. The summed E-state index contributed by atoms with van der Waals surface area (Å²) in [7, 11) is 0. The van der Waals surface area contributed by atoms with Gasteiger partial charge in [0.1, 0.15) is 17.3 Å². The van der Waals surface area contributed by atoms with Crippen molar-refractivity contribution in [2.75, 3.05) is 6.67 Å². The minimum Gasteiger partial charge on any atom is -0.294 e. The second kappa shape index (κ2) is 5.93. The highest BCUT2D eigenvalue weighted by molar-refractivity contribution is 9.10. The largest absolute Gasteiger partial charge is 0.294 e. The molecule has 0 saturated heterocycles. The molecule has 0 unspecified atom stereocenters. The lowest BCUT2D eigenvalue weighted by molar-refractivity contribution is 0.435. The summed E-state index contributed by atoms with van der Waals surface area (Å²) in [5.41, 5.74) is 1.71. The van der Waals surface area contributed by atoms with Gasteiger partial charge in [0.15, 0.2) is 0 Å². The number of alkyl halides is 1. The quantitative estimate of drug-likeness (QED) is 0.671. The molecule has 0 bridgehead atoms. The van der Waals surface area contributed by atoms with E-state index in [1.54, 1.807) is 6.92 Å². The Balaban J connectivity index is 2.35. The Morgan fingerprint density at radius 2 is 1.95 bits per heavy atom. The van der Waals surface area contributed by atoms with Crippen LogP contribution >= 0.6 is 27.3 Å². The maximum atomic E-state index is 12.8. The summed E-state index contributed by atoms with van der Waals surface area (Å²) in [6.45, 7) is 3.19. The van der Waals surface area contributed by atoms with Crippen molar-refractivity contribution in [2.45, 2.75) is 20.4 Å². The molecule has 3 nitrogen and oxygen atoms in total. The minimum atomic E-state index is -0.579. The van der Waals surface area contributed by atoms with E-state index < -0.39 is 6.67 Å². The van der Waals surface area contributed by atoms with Gasteiger partial charge in [0.2, 0.25) is 0 Å². The van der Waals surface area contributed by atoms with Gasteiger partial charge in [0, 0.05) is 14.9 Å². The number of hydrogen-bond acceptors (Lipinski definition) is 3. The zero-order chi connectivity index (χ0) is 15.9.